The van der Waals surface area contributed by atoms with Crippen LogP contribution in [0, 0.1) is 17.0 Å². The zero-order valence-electron chi connectivity index (χ0n) is 16.7. The van der Waals surface area contributed by atoms with Crippen molar-refractivity contribution in [1.29, 1.82) is 0 Å². The number of thioether (sulfide) groups is 1. The fourth-order valence-electron chi connectivity index (χ4n) is 3.64. The Bertz CT molecular complexity index is 1140. The molecule has 1 fully saturated rings. The predicted octanol–water partition coefficient (Wildman–Crippen LogP) is 3.52. The van der Waals surface area contributed by atoms with Crippen LogP contribution in [0.4, 0.5) is 10.5 Å². The lowest BCUT2D eigenvalue weighted by atomic mass is 10.00. The van der Waals surface area contributed by atoms with E-state index in [0.717, 1.165) is 28.6 Å². The van der Waals surface area contributed by atoms with Crippen molar-refractivity contribution in [2.24, 2.45) is 0 Å². The Morgan fingerprint density at radius 3 is 2.68 bits per heavy atom. The minimum absolute atomic E-state index is 0.0615. The Labute approximate surface area is 182 Å². The highest BCUT2D eigenvalue weighted by atomic mass is 32.2. The maximum Gasteiger partial charge on any atom is 0.294 e. The molecule has 9 heteroatoms. The molecule has 0 radical (unpaired) electrons. The monoisotopic (exact) mass is 437 g/mol. The minimum Gasteiger partial charge on any atom is -0.336 e. The van der Waals surface area contributed by atoms with Gasteiger partial charge in [0.15, 0.2) is 0 Å². The lowest BCUT2D eigenvalue weighted by Crippen LogP contribution is -2.44. The third kappa shape index (κ3) is 4.22. The fraction of sp³-hybridized carbons (Fsp3) is 0.227. The van der Waals surface area contributed by atoms with E-state index in [1.54, 1.807) is 24.0 Å². The van der Waals surface area contributed by atoms with Crippen LogP contribution in [0.25, 0.3) is 6.08 Å². The van der Waals surface area contributed by atoms with E-state index >= 15 is 0 Å². The van der Waals surface area contributed by atoms with Crippen LogP contribution in [0.3, 0.4) is 0 Å². The van der Waals surface area contributed by atoms with Crippen molar-refractivity contribution in [2.75, 3.05) is 13.1 Å². The smallest absolute Gasteiger partial charge is 0.294 e. The molecule has 0 bridgehead atoms. The number of hydrogen-bond acceptors (Lipinski definition) is 6. The molecule has 0 aromatic heterocycles. The molecule has 8 nitrogen and oxygen atoms in total. The van der Waals surface area contributed by atoms with Crippen molar-refractivity contribution < 1.29 is 19.3 Å². The average molecular weight is 437 g/mol. The summed E-state index contributed by atoms with van der Waals surface area (Å²) in [4.78, 5) is 51.2. The molecule has 0 N–H and O–H groups in total. The number of imide groups is 1. The fourth-order valence-corrected chi connectivity index (χ4v) is 4.48. The van der Waals surface area contributed by atoms with E-state index < -0.39 is 16.1 Å². The molecule has 31 heavy (non-hydrogen) atoms. The number of nitro benzene ring substituents is 1. The molecule has 4 rings (SSSR count). The number of rotatable bonds is 4. The third-order valence-corrected chi connectivity index (χ3v) is 6.29. The zero-order chi connectivity index (χ0) is 22.1. The molecule has 0 spiro atoms. The van der Waals surface area contributed by atoms with Gasteiger partial charge in [-0.1, -0.05) is 36.4 Å². The first kappa shape index (κ1) is 20.8. The molecule has 2 aliphatic heterocycles. The second-order valence-corrected chi connectivity index (χ2v) is 8.40. The first-order valence-electron chi connectivity index (χ1n) is 9.68. The van der Waals surface area contributed by atoms with Gasteiger partial charge in [0.2, 0.25) is 5.91 Å². The maximum absolute atomic E-state index is 12.8. The Hall–Kier alpha value is -3.46. The van der Waals surface area contributed by atoms with E-state index in [1.165, 1.54) is 17.7 Å². The molecule has 0 atom stereocenters. The van der Waals surface area contributed by atoms with Gasteiger partial charge < -0.3 is 4.90 Å². The number of fused-ring (bicyclic) bond motifs is 1. The number of amides is 3. The number of carbonyl (C=O) groups excluding carboxylic acids is 3. The molecule has 2 aromatic rings. The summed E-state index contributed by atoms with van der Waals surface area (Å²) in [5.41, 5.74) is 3.16. The van der Waals surface area contributed by atoms with Crippen molar-refractivity contribution in [3.05, 3.63) is 79.7 Å². The van der Waals surface area contributed by atoms with Gasteiger partial charge in [0.25, 0.3) is 16.8 Å². The first-order valence-corrected chi connectivity index (χ1v) is 10.5. The van der Waals surface area contributed by atoms with Gasteiger partial charge in [-0.05, 0) is 47.9 Å². The Balaban J connectivity index is 1.48. The van der Waals surface area contributed by atoms with Crippen LogP contribution in [0.2, 0.25) is 0 Å². The van der Waals surface area contributed by atoms with Crippen LogP contribution in [0.5, 0.6) is 0 Å². The minimum atomic E-state index is -0.566. The third-order valence-electron chi connectivity index (χ3n) is 5.38. The second-order valence-electron chi connectivity index (χ2n) is 7.40. The Kier molecular flexibility index (Phi) is 5.60. The van der Waals surface area contributed by atoms with E-state index in [1.807, 2.05) is 24.3 Å². The van der Waals surface area contributed by atoms with E-state index in [2.05, 4.69) is 0 Å². The zero-order valence-corrected chi connectivity index (χ0v) is 17.6. The van der Waals surface area contributed by atoms with Gasteiger partial charge in [-0.3, -0.25) is 29.4 Å². The van der Waals surface area contributed by atoms with E-state index in [-0.39, 0.29) is 23.0 Å². The summed E-state index contributed by atoms with van der Waals surface area (Å²) in [6.07, 6.45) is 2.18. The molecule has 0 aliphatic carbocycles. The largest absolute Gasteiger partial charge is 0.336 e. The summed E-state index contributed by atoms with van der Waals surface area (Å²) in [6, 6.07) is 12.5. The number of nitrogens with zero attached hydrogens (tertiary/aromatic N) is 3. The van der Waals surface area contributed by atoms with Gasteiger partial charge in [0.1, 0.15) is 6.54 Å². The normalized spacial score (nSPS) is 17.3. The van der Waals surface area contributed by atoms with Crippen molar-refractivity contribution >= 4 is 40.6 Å². The van der Waals surface area contributed by atoms with Gasteiger partial charge in [0, 0.05) is 24.7 Å². The van der Waals surface area contributed by atoms with E-state index in [4.69, 9.17) is 0 Å². The van der Waals surface area contributed by atoms with Crippen LogP contribution in [0.15, 0.2) is 47.4 Å². The number of hydrogen-bond donors (Lipinski definition) is 0. The first-order chi connectivity index (χ1) is 14.8. The van der Waals surface area contributed by atoms with E-state index in [9.17, 15) is 24.5 Å². The molecule has 2 aliphatic rings. The second kappa shape index (κ2) is 8.35. The molecule has 0 saturated carbocycles. The number of carbonyl (C=O) groups is 3. The topological polar surface area (TPSA) is 101 Å². The lowest BCUT2D eigenvalue weighted by Gasteiger charge is -2.29. The SMILES string of the molecule is Cc1ccc(C=C2SC(=O)N(CC(=O)N3CCc4ccccc4C3)C2=O)cc1[N+](=O)[O-]. The predicted molar refractivity (Wildman–Crippen MR) is 116 cm³/mol. The van der Waals surface area contributed by atoms with Gasteiger partial charge in [-0.25, -0.2) is 0 Å². The summed E-state index contributed by atoms with van der Waals surface area (Å²) < 4.78 is 0. The van der Waals surface area contributed by atoms with Crippen molar-refractivity contribution in [3.63, 3.8) is 0 Å². The standard InChI is InChI=1S/C22H19N3O5S/c1-14-6-7-15(10-18(14)25(29)30)11-19-21(27)24(22(28)31-19)13-20(26)23-9-8-16-4-2-3-5-17(16)12-23/h2-7,10-11H,8-9,12-13H2,1H3. The van der Waals surface area contributed by atoms with Crippen LogP contribution in [-0.2, 0) is 22.6 Å². The van der Waals surface area contributed by atoms with Crippen LogP contribution >= 0.6 is 11.8 Å². The highest BCUT2D eigenvalue weighted by Crippen LogP contribution is 2.33. The summed E-state index contributed by atoms with van der Waals surface area (Å²) in [5, 5.41) is 10.6. The van der Waals surface area contributed by atoms with Crippen LogP contribution in [0.1, 0.15) is 22.3 Å². The summed E-state index contributed by atoms with van der Waals surface area (Å²) >= 11 is 0.730. The molecule has 2 heterocycles. The van der Waals surface area contributed by atoms with Crippen molar-refractivity contribution in [2.45, 2.75) is 19.9 Å². The maximum atomic E-state index is 12.8. The molecule has 1 saturated heterocycles. The highest BCUT2D eigenvalue weighted by Gasteiger charge is 2.37. The van der Waals surface area contributed by atoms with Crippen molar-refractivity contribution in [1.82, 2.24) is 9.80 Å². The molecule has 158 valence electrons. The molecular weight excluding hydrogens is 418 g/mol. The molecule has 3 amide bonds. The number of benzene rings is 2. The molecule has 0 unspecified atom stereocenters. The van der Waals surface area contributed by atoms with Crippen LogP contribution < -0.4 is 0 Å². The Morgan fingerprint density at radius 1 is 1.19 bits per heavy atom. The molecular formula is C22H19N3O5S. The summed E-state index contributed by atoms with van der Waals surface area (Å²) in [6.45, 7) is 2.29. The molecule has 2 aromatic carbocycles. The lowest BCUT2D eigenvalue weighted by molar-refractivity contribution is -0.385. The number of aryl methyl sites for hydroxylation is 1. The van der Waals surface area contributed by atoms with E-state index in [0.29, 0.717) is 24.2 Å². The van der Waals surface area contributed by atoms with Gasteiger partial charge >= 0.3 is 0 Å². The van der Waals surface area contributed by atoms with Gasteiger partial charge in [-0.15, -0.1) is 0 Å². The summed E-state index contributed by atoms with van der Waals surface area (Å²) in [5.74, 6) is -0.854. The van der Waals surface area contributed by atoms with Gasteiger partial charge in [-0.2, -0.15) is 0 Å². The van der Waals surface area contributed by atoms with Crippen molar-refractivity contribution in [3.8, 4) is 0 Å². The number of nitro groups is 1. The van der Waals surface area contributed by atoms with Gasteiger partial charge in [0.05, 0.1) is 9.83 Å². The summed E-state index contributed by atoms with van der Waals surface area (Å²) in [7, 11) is 0. The van der Waals surface area contributed by atoms with Crippen LogP contribution in [-0.4, -0.2) is 44.9 Å². The average Bonchev–Trinajstić information content (AvgIpc) is 3.01. The quantitative estimate of drug-likeness (QED) is 0.412. The Morgan fingerprint density at radius 2 is 1.94 bits per heavy atom. The highest BCUT2D eigenvalue weighted by molar-refractivity contribution is 8.18.